The monoisotopic (exact) mass is 196 g/mol. The smallest absolute Gasteiger partial charge is 0.0171 e. The van der Waals surface area contributed by atoms with Gasteiger partial charge in [0.2, 0.25) is 0 Å². The minimum Gasteiger partial charge on any atom is -0.327 e. The molecule has 14 heavy (non-hydrogen) atoms. The Morgan fingerprint density at radius 1 is 1.07 bits per heavy atom. The highest BCUT2D eigenvalue weighted by Gasteiger charge is 2.38. The second kappa shape index (κ2) is 3.49. The first-order valence-electron chi connectivity index (χ1n) is 5.97. The molecule has 82 valence electrons. The minimum atomic E-state index is 0.297. The first-order valence-corrected chi connectivity index (χ1v) is 5.97. The van der Waals surface area contributed by atoms with Gasteiger partial charge >= 0.3 is 0 Å². The van der Waals surface area contributed by atoms with Crippen LogP contribution in [0.4, 0.5) is 0 Å². The van der Waals surface area contributed by atoms with Crippen molar-refractivity contribution in [3.05, 3.63) is 0 Å². The molecule has 2 fully saturated rings. The third-order valence-electron chi connectivity index (χ3n) is 3.75. The molecule has 1 heterocycles. The van der Waals surface area contributed by atoms with Crippen molar-refractivity contribution in [2.75, 3.05) is 13.1 Å². The maximum absolute atomic E-state index is 6.14. The maximum atomic E-state index is 6.14. The van der Waals surface area contributed by atoms with Crippen LogP contribution >= 0.6 is 0 Å². The Labute approximate surface area is 87.8 Å². The molecule has 2 aliphatic rings. The SMILES string of the molecule is CC(C)(C)N1CC(N)CC(C2CC2)C1. The molecule has 0 amide bonds. The Bertz CT molecular complexity index is 203. The third-order valence-corrected chi connectivity index (χ3v) is 3.75. The van der Waals surface area contributed by atoms with Gasteiger partial charge in [0.15, 0.2) is 0 Å². The van der Waals surface area contributed by atoms with E-state index in [2.05, 4.69) is 25.7 Å². The van der Waals surface area contributed by atoms with E-state index in [0.717, 1.165) is 18.4 Å². The molecule has 2 nitrogen and oxygen atoms in total. The number of likely N-dealkylation sites (tertiary alicyclic amines) is 1. The van der Waals surface area contributed by atoms with Crippen LogP contribution in [-0.2, 0) is 0 Å². The summed E-state index contributed by atoms with van der Waals surface area (Å²) >= 11 is 0. The van der Waals surface area contributed by atoms with Gasteiger partial charge in [-0.1, -0.05) is 0 Å². The van der Waals surface area contributed by atoms with Gasteiger partial charge in [0.05, 0.1) is 0 Å². The molecular formula is C12H24N2. The Balaban J connectivity index is 1.98. The van der Waals surface area contributed by atoms with E-state index in [4.69, 9.17) is 5.73 Å². The summed E-state index contributed by atoms with van der Waals surface area (Å²) < 4.78 is 0. The third kappa shape index (κ3) is 2.29. The average Bonchev–Trinajstić information content (AvgIpc) is 2.83. The van der Waals surface area contributed by atoms with Crippen molar-refractivity contribution in [2.24, 2.45) is 17.6 Å². The molecule has 2 unspecified atom stereocenters. The number of nitrogens with two attached hydrogens (primary N) is 1. The molecule has 2 atom stereocenters. The van der Waals surface area contributed by atoms with Gasteiger partial charge in [-0.25, -0.2) is 0 Å². The molecule has 1 aliphatic heterocycles. The zero-order valence-electron chi connectivity index (χ0n) is 9.79. The second-order valence-corrected chi connectivity index (χ2v) is 6.17. The number of piperidine rings is 1. The van der Waals surface area contributed by atoms with Crippen molar-refractivity contribution in [1.29, 1.82) is 0 Å². The molecule has 2 heteroatoms. The Kier molecular flexibility index (Phi) is 2.61. The first kappa shape index (κ1) is 10.4. The lowest BCUT2D eigenvalue weighted by molar-refractivity contribution is 0.0611. The van der Waals surface area contributed by atoms with Gasteiger partial charge in [0.1, 0.15) is 0 Å². The van der Waals surface area contributed by atoms with E-state index in [1.807, 2.05) is 0 Å². The van der Waals surface area contributed by atoms with Crippen LogP contribution in [0.15, 0.2) is 0 Å². The van der Waals surface area contributed by atoms with E-state index in [1.54, 1.807) is 0 Å². The van der Waals surface area contributed by atoms with E-state index in [9.17, 15) is 0 Å². The van der Waals surface area contributed by atoms with Crippen LogP contribution < -0.4 is 5.73 Å². The first-order chi connectivity index (χ1) is 6.47. The van der Waals surface area contributed by atoms with Crippen molar-refractivity contribution in [1.82, 2.24) is 4.90 Å². The van der Waals surface area contributed by atoms with Gasteiger partial charge in [-0.05, 0) is 51.9 Å². The summed E-state index contributed by atoms with van der Waals surface area (Å²) in [4.78, 5) is 2.57. The fourth-order valence-corrected chi connectivity index (χ4v) is 2.64. The quantitative estimate of drug-likeness (QED) is 0.693. The molecule has 0 radical (unpaired) electrons. The summed E-state index contributed by atoms with van der Waals surface area (Å²) in [7, 11) is 0. The van der Waals surface area contributed by atoms with Gasteiger partial charge in [-0.15, -0.1) is 0 Å². The number of hydrogen-bond donors (Lipinski definition) is 1. The molecule has 0 bridgehead atoms. The highest BCUT2D eigenvalue weighted by atomic mass is 15.2. The van der Waals surface area contributed by atoms with Crippen LogP contribution in [0.3, 0.4) is 0 Å². The van der Waals surface area contributed by atoms with Crippen LogP contribution in [0, 0.1) is 11.8 Å². The summed E-state index contributed by atoms with van der Waals surface area (Å²) in [5.74, 6) is 1.89. The van der Waals surface area contributed by atoms with Crippen LogP contribution in [0.5, 0.6) is 0 Å². The summed E-state index contributed by atoms with van der Waals surface area (Å²) in [5.41, 5.74) is 6.43. The van der Waals surface area contributed by atoms with Crippen LogP contribution in [-0.4, -0.2) is 29.6 Å². The van der Waals surface area contributed by atoms with E-state index < -0.39 is 0 Å². The highest BCUT2D eigenvalue weighted by Crippen LogP contribution is 2.41. The van der Waals surface area contributed by atoms with Gasteiger partial charge in [0.25, 0.3) is 0 Å². The van der Waals surface area contributed by atoms with Crippen molar-refractivity contribution in [3.8, 4) is 0 Å². The standard InChI is InChI=1S/C12H24N2/c1-12(2,3)14-7-10(9-4-5-9)6-11(13)8-14/h9-11H,4-8,13H2,1-3H3. The van der Waals surface area contributed by atoms with Gasteiger partial charge in [-0.2, -0.15) is 0 Å². The van der Waals surface area contributed by atoms with Crippen molar-refractivity contribution < 1.29 is 0 Å². The number of nitrogens with zero attached hydrogens (tertiary/aromatic N) is 1. The van der Waals surface area contributed by atoms with Crippen molar-refractivity contribution in [2.45, 2.75) is 51.6 Å². The molecule has 2 N–H and O–H groups in total. The minimum absolute atomic E-state index is 0.297. The van der Waals surface area contributed by atoms with E-state index in [0.29, 0.717) is 11.6 Å². The lowest BCUT2D eigenvalue weighted by atomic mass is 9.88. The fourth-order valence-electron chi connectivity index (χ4n) is 2.64. The van der Waals surface area contributed by atoms with Crippen LogP contribution in [0.2, 0.25) is 0 Å². The fraction of sp³-hybridized carbons (Fsp3) is 1.00. The molecule has 0 aromatic heterocycles. The second-order valence-electron chi connectivity index (χ2n) is 6.17. The van der Waals surface area contributed by atoms with Crippen molar-refractivity contribution >= 4 is 0 Å². The molecule has 2 rings (SSSR count). The van der Waals surface area contributed by atoms with Crippen LogP contribution in [0.25, 0.3) is 0 Å². The zero-order chi connectivity index (χ0) is 10.3. The highest BCUT2D eigenvalue weighted by molar-refractivity contribution is 4.93. The largest absolute Gasteiger partial charge is 0.327 e. The zero-order valence-corrected chi connectivity index (χ0v) is 9.79. The molecule has 0 aromatic rings. The summed E-state index contributed by atoms with van der Waals surface area (Å²) in [6.07, 6.45) is 4.17. The lowest BCUT2D eigenvalue weighted by Crippen LogP contribution is -2.54. The summed E-state index contributed by atoms with van der Waals surface area (Å²) in [5, 5.41) is 0. The predicted octanol–water partition coefficient (Wildman–Crippen LogP) is 1.84. The number of rotatable bonds is 1. The van der Waals surface area contributed by atoms with E-state index >= 15 is 0 Å². The Morgan fingerprint density at radius 3 is 2.21 bits per heavy atom. The summed E-state index contributed by atoms with van der Waals surface area (Å²) in [6.45, 7) is 9.27. The van der Waals surface area contributed by atoms with Gasteiger partial charge in [0, 0.05) is 24.7 Å². The van der Waals surface area contributed by atoms with Gasteiger partial charge in [-0.3, -0.25) is 4.90 Å². The maximum Gasteiger partial charge on any atom is 0.0171 e. The molecule has 1 saturated heterocycles. The average molecular weight is 196 g/mol. The molecule has 1 aliphatic carbocycles. The molecule has 1 saturated carbocycles. The molecule has 0 spiro atoms. The Morgan fingerprint density at radius 2 is 1.71 bits per heavy atom. The van der Waals surface area contributed by atoms with E-state index in [-0.39, 0.29) is 0 Å². The summed E-state index contributed by atoms with van der Waals surface area (Å²) in [6, 6.07) is 0.411. The predicted molar refractivity (Wildman–Crippen MR) is 60.1 cm³/mol. The Hall–Kier alpha value is -0.0800. The number of hydrogen-bond acceptors (Lipinski definition) is 2. The van der Waals surface area contributed by atoms with Crippen molar-refractivity contribution in [3.63, 3.8) is 0 Å². The van der Waals surface area contributed by atoms with Gasteiger partial charge < -0.3 is 5.73 Å². The topological polar surface area (TPSA) is 29.3 Å². The van der Waals surface area contributed by atoms with E-state index in [1.165, 1.54) is 25.8 Å². The molecular weight excluding hydrogens is 172 g/mol. The lowest BCUT2D eigenvalue weighted by Gasteiger charge is -2.44. The van der Waals surface area contributed by atoms with Crippen LogP contribution in [0.1, 0.15) is 40.0 Å². The normalized spacial score (nSPS) is 36.0. The molecule has 0 aromatic carbocycles.